The van der Waals surface area contributed by atoms with Crippen molar-refractivity contribution in [1.82, 2.24) is 0 Å². The standard InChI is InChI=1S/C5H9NS/c1-2-3-5(6)4-7/h1,5,7H,3-4,6H2. The lowest BCUT2D eigenvalue weighted by Gasteiger charge is -1.98. The van der Waals surface area contributed by atoms with Gasteiger partial charge in [0, 0.05) is 18.2 Å². The molecule has 1 atom stereocenters. The first-order valence-electron chi connectivity index (χ1n) is 2.11. The van der Waals surface area contributed by atoms with E-state index in [1.165, 1.54) is 0 Å². The van der Waals surface area contributed by atoms with Gasteiger partial charge in [-0.2, -0.15) is 12.6 Å². The summed E-state index contributed by atoms with van der Waals surface area (Å²) in [5.74, 6) is 3.12. The molecule has 0 rings (SSSR count). The van der Waals surface area contributed by atoms with E-state index in [9.17, 15) is 0 Å². The third-order valence-electron chi connectivity index (χ3n) is 0.615. The minimum absolute atomic E-state index is 0.0772. The largest absolute Gasteiger partial charge is 0.326 e. The summed E-state index contributed by atoms with van der Waals surface area (Å²) < 4.78 is 0. The van der Waals surface area contributed by atoms with E-state index in [4.69, 9.17) is 12.2 Å². The van der Waals surface area contributed by atoms with E-state index >= 15 is 0 Å². The average Bonchev–Trinajstić information content (AvgIpc) is 1.68. The Morgan fingerprint density at radius 1 is 1.86 bits per heavy atom. The fourth-order valence-corrected chi connectivity index (χ4v) is 0.345. The molecular weight excluding hydrogens is 106 g/mol. The quantitative estimate of drug-likeness (QED) is 0.392. The van der Waals surface area contributed by atoms with Crippen LogP contribution in [0.1, 0.15) is 6.42 Å². The van der Waals surface area contributed by atoms with Gasteiger partial charge in [-0.25, -0.2) is 0 Å². The molecule has 1 unspecified atom stereocenters. The molecule has 0 heterocycles. The maximum atomic E-state index is 5.36. The summed E-state index contributed by atoms with van der Waals surface area (Å²) in [4.78, 5) is 0. The predicted octanol–water partition coefficient (Wildman–Crippen LogP) is 0.267. The number of rotatable bonds is 2. The van der Waals surface area contributed by atoms with Gasteiger partial charge in [0.2, 0.25) is 0 Å². The van der Waals surface area contributed by atoms with Gasteiger partial charge in [-0.15, -0.1) is 12.3 Å². The van der Waals surface area contributed by atoms with E-state index in [1.807, 2.05) is 0 Å². The highest BCUT2D eigenvalue weighted by Gasteiger charge is 1.92. The van der Waals surface area contributed by atoms with Crippen LogP contribution in [-0.4, -0.2) is 11.8 Å². The molecule has 0 amide bonds. The van der Waals surface area contributed by atoms with E-state index in [2.05, 4.69) is 18.5 Å². The lowest BCUT2D eigenvalue weighted by Crippen LogP contribution is -2.20. The van der Waals surface area contributed by atoms with Gasteiger partial charge in [-0.05, 0) is 0 Å². The smallest absolute Gasteiger partial charge is 0.0246 e. The second-order valence-corrected chi connectivity index (χ2v) is 1.72. The zero-order chi connectivity index (χ0) is 5.70. The lowest BCUT2D eigenvalue weighted by molar-refractivity contribution is 0.785. The van der Waals surface area contributed by atoms with Gasteiger partial charge in [0.15, 0.2) is 0 Å². The molecule has 2 heteroatoms. The summed E-state index contributed by atoms with van der Waals surface area (Å²) in [6.07, 6.45) is 5.57. The van der Waals surface area contributed by atoms with Crippen LogP contribution >= 0.6 is 12.6 Å². The normalized spacial score (nSPS) is 12.7. The van der Waals surface area contributed by atoms with Crippen LogP contribution in [0, 0.1) is 12.3 Å². The first-order chi connectivity index (χ1) is 3.31. The van der Waals surface area contributed by atoms with Gasteiger partial charge in [0.25, 0.3) is 0 Å². The number of hydrogen-bond acceptors (Lipinski definition) is 2. The highest BCUT2D eigenvalue weighted by atomic mass is 32.1. The predicted molar refractivity (Wildman–Crippen MR) is 35.3 cm³/mol. The van der Waals surface area contributed by atoms with E-state index in [-0.39, 0.29) is 6.04 Å². The molecule has 2 N–H and O–H groups in total. The highest BCUT2D eigenvalue weighted by Crippen LogP contribution is 1.86. The van der Waals surface area contributed by atoms with Gasteiger partial charge in [-0.1, -0.05) is 0 Å². The molecule has 0 aromatic carbocycles. The summed E-state index contributed by atoms with van der Waals surface area (Å²) >= 11 is 3.93. The van der Waals surface area contributed by atoms with Gasteiger partial charge < -0.3 is 5.73 Å². The Morgan fingerprint density at radius 3 is 2.57 bits per heavy atom. The van der Waals surface area contributed by atoms with Crippen LogP contribution in [0.25, 0.3) is 0 Å². The fraction of sp³-hybridized carbons (Fsp3) is 0.600. The molecule has 0 aromatic heterocycles. The molecule has 0 radical (unpaired) electrons. The Hall–Kier alpha value is -0.130. The van der Waals surface area contributed by atoms with Crippen LogP contribution in [0.2, 0.25) is 0 Å². The van der Waals surface area contributed by atoms with Crippen molar-refractivity contribution in [3.05, 3.63) is 0 Å². The highest BCUT2D eigenvalue weighted by molar-refractivity contribution is 7.80. The van der Waals surface area contributed by atoms with Crippen molar-refractivity contribution in [2.24, 2.45) is 5.73 Å². The topological polar surface area (TPSA) is 26.0 Å². The maximum Gasteiger partial charge on any atom is 0.0246 e. The second-order valence-electron chi connectivity index (χ2n) is 1.35. The maximum absolute atomic E-state index is 5.36. The van der Waals surface area contributed by atoms with Crippen LogP contribution in [0.3, 0.4) is 0 Å². The van der Waals surface area contributed by atoms with E-state index in [0.29, 0.717) is 12.2 Å². The molecule has 0 saturated heterocycles. The van der Waals surface area contributed by atoms with E-state index < -0.39 is 0 Å². The minimum atomic E-state index is 0.0772. The van der Waals surface area contributed by atoms with Crippen molar-refractivity contribution in [2.75, 3.05) is 5.75 Å². The molecule has 0 fully saturated rings. The molecule has 0 spiro atoms. The van der Waals surface area contributed by atoms with Crippen molar-refractivity contribution in [3.8, 4) is 12.3 Å². The Morgan fingerprint density at radius 2 is 2.43 bits per heavy atom. The number of nitrogens with two attached hydrogens (primary N) is 1. The molecule has 7 heavy (non-hydrogen) atoms. The minimum Gasteiger partial charge on any atom is -0.326 e. The fourth-order valence-electron chi connectivity index (χ4n) is 0.216. The Labute approximate surface area is 49.7 Å². The van der Waals surface area contributed by atoms with Crippen LogP contribution in [0.4, 0.5) is 0 Å². The van der Waals surface area contributed by atoms with Crippen molar-refractivity contribution in [3.63, 3.8) is 0 Å². The zero-order valence-corrected chi connectivity index (χ0v) is 4.99. The zero-order valence-electron chi connectivity index (χ0n) is 4.09. The molecule has 0 aromatic rings. The third-order valence-corrected chi connectivity index (χ3v) is 1.08. The first kappa shape index (κ1) is 6.87. The van der Waals surface area contributed by atoms with Gasteiger partial charge in [-0.3, -0.25) is 0 Å². The number of terminal acetylenes is 1. The summed E-state index contributed by atoms with van der Waals surface area (Å²) in [6, 6.07) is 0.0772. The summed E-state index contributed by atoms with van der Waals surface area (Å²) in [5, 5.41) is 0. The molecule has 0 aliphatic rings. The van der Waals surface area contributed by atoms with Crippen molar-refractivity contribution in [2.45, 2.75) is 12.5 Å². The molecule has 1 nitrogen and oxygen atoms in total. The number of hydrogen-bond donors (Lipinski definition) is 2. The molecule has 0 bridgehead atoms. The SMILES string of the molecule is C#CCC(N)CS. The van der Waals surface area contributed by atoms with Gasteiger partial charge in [0.1, 0.15) is 0 Å². The van der Waals surface area contributed by atoms with E-state index in [1.54, 1.807) is 0 Å². The average molecular weight is 115 g/mol. The number of thiol groups is 1. The van der Waals surface area contributed by atoms with Gasteiger partial charge >= 0.3 is 0 Å². The van der Waals surface area contributed by atoms with Crippen LogP contribution in [0.5, 0.6) is 0 Å². The van der Waals surface area contributed by atoms with Crippen molar-refractivity contribution in [1.29, 1.82) is 0 Å². The van der Waals surface area contributed by atoms with Gasteiger partial charge in [0.05, 0.1) is 0 Å². The summed E-state index contributed by atoms with van der Waals surface area (Å²) in [5.41, 5.74) is 5.36. The molecule has 40 valence electrons. The van der Waals surface area contributed by atoms with Crippen LogP contribution < -0.4 is 5.73 Å². The van der Waals surface area contributed by atoms with E-state index in [0.717, 1.165) is 0 Å². The lowest BCUT2D eigenvalue weighted by atomic mass is 10.3. The summed E-state index contributed by atoms with van der Waals surface area (Å²) in [6.45, 7) is 0. The third kappa shape index (κ3) is 3.71. The van der Waals surface area contributed by atoms with Crippen LogP contribution in [0.15, 0.2) is 0 Å². The first-order valence-corrected chi connectivity index (χ1v) is 2.74. The van der Waals surface area contributed by atoms with Crippen molar-refractivity contribution >= 4 is 12.6 Å². The Kier molecular flexibility index (Phi) is 3.97. The van der Waals surface area contributed by atoms with Crippen molar-refractivity contribution < 1.29 is 0 Å². The Bertz CT molecular complexity index is 74.6. The molecular formula is C5H9NS. The second kappa shape index (κ2) is 4.04. The monoisotopic (exact) mass is 115 g/mol. The molecule has 0 saturated carbocycles. The summed E-state index contributed by atoms with van der Waals surface area (Å²) in [7, 11) is 0. The molecule has 0 aliphatic heterocycles. The Balaban J connectivity index is 3.03. The van der Waals surface area contributed by atoms with Crippen LogP contribution in [-0.2, 0) is 0 Å². The molecule has 0 aliphatic carbocycles.